The van der Waals surface area contributed by atoms with Crippen molar-refractivity contribution < 1.29 is 0 Å². The van der Waals surface area contributed by atoms with Gasteiger partial charge in [-0.2, -0.15) is 0 Å². The normalized spacial score (nSPS) is 27.2. The van der Waals surface area contributed by atoms with Gasteiger partial charge in [-0.05, 0) is 50.9 Å². The summed E-state index contributed by atoms with van der Waals surface area (Å²) in [7, 11) is 0. The Morgan fingerprint density at radius 2 is 1.75 bits per heavy atom. The Kier molecular flexibility index (Phi) is 5.01. The third kappa shape index (κ3) is 2.30. The SMILES string of the molecule is C/C=C1/C=CC2(CCNCC2)/C1=C/C.CC. The third-order valence-electron chi connectivity index (χ3n) is 3.52. The van der Waals surface area contributed by atoms with Crippen LogP contribution in [0.1, 0.15) is 40.5 Å². The molecule has 2 rings (SSSR count). The second-order valence-electron chi connectivity index (χ2n) is 4.19. The van der Waals surface area contributed by atoms with E-state index in [1.807, 2.05) is 13.8 Å². The molecule has 0 aromatic rings. The molecule has 0 aromatic carbocycles. The minimum absolute atomic E-state index is 0.363. The van der Waals surface area contributed by atoms with Gasteiger partial charge >= 0.3 is 0 Å². The van der Waals surface area contributed by atoms with Crippen LogP contribution in [0.5, 0.6) is 0 Å². The van der Waals surface area contributed by atoms with Crippen molar-refractivity contribution in [1.82, 2.24) is 5.32 Å². The van der Waals surface area contributed by atoms with Gasteiger partial charge in [0.15, 0.2) is 0 Å². The molecule has 0 aromatic heterocycles. The maximum absolute atomic E-state index is 3.43. The maximum atomic E-state index is 3.43. The average Bonchev–Trinajstić information content (AvgIpc) is 2.70. The third-order valence-corrected chi connectivity index (χ3v) is 3.52. The monoisotopic (exact) mass is 219 g/mol. The summed E-state index contributed by atoms with van der Waals surface area (Å²) in [4.78, 5) is 0. The van der Waals surface area contributed by atoms with Gasteiger partial charge in [-0.3, -0.25) is 0 Å². The van der Waals surface area contributed by atoms with Crippen molar-refractivity contribution in [2.75, 3.05) is 13.1 Å². The summed E-state index contributed by atoms with van der Waals surface area (Å²) in [5.41, 5.74) is 3.33. The van der Waals surface area contributed by atoms with E-state index in [1.165, 1.54) is 18.4 Å². The van der Waals surface area contributed by atoms with E-state index < -0.39 is 0 Å². The Hall–Kier alpha value is -0.820. The van der Waals surface area contributed by atoms with Crippen LogP contribution in [0.15, 0.2) is 35.5 Å². The van der Waals surface area contributed by atoms with Crippen molar-refractivity contribution in [3.8, 4) is 0 Å². The van der Waals surface area contributed by atoms with Crippen molar-refractivity contribution in [3.63, 3.8) is 0 Å². The van der Waals surface area contributed by atoms with Gasteiger partial charge in [-0.25, -0.2) is 0 Å². The predicted molar refractivity (Wildman–Crippen MR) is 72.5 cm³/mol. The van der Waals surface area contributed by atoms with Crippen LogP contribution in [0.2, 0.25) is 0 Å². The van der Waals surface area contributed by atoms with Crippen LogP contribution in [0, 0.1) is 5.41 Å². The van der Waals surface area contributed by atoms with Crippen LogP contribution in [0.3, 0.4) is 0 Å². The Bertz CT molecular complexity index is 301. The molecular weight excluding hydrogens is 194 g/mol. The van der Waals surface area contributed by atoms with Gasteiger partial charge in [0.05, 0.1) is 0 Å². The van der Waals surface area contributed by atoms with Crippen molar-refractivity contribution in [1.29, 1.82) is 0 Å². The molecule has 1 heterocycles. The van der Waals surface area contributed by atoms with Crippen molar-refractivity contribution in [3.05, 3.63) is 35.5 Å². The Labute approximate surface area is 100 Å². The lowest BCUT2D eigenvalue weighted by molar-refractivity contribution is 0.334. The highest BCUT2D eigenvalue weighted by Gasteiger charge is 2.36. The van der Waals surface area contributed by atoms with Crippen molar-refractivity contribution >= 4 is 0 Å². The van der Waals surface area contributed by atoms with E-state index in [-0.39, 0.29) is 0 Å². The predicted octanol–water partition coefficient (Wildman–Crippen LogP) is 3.84. The molecule has 1 nitrogen and oxygen atoms in total. The number of piperidine rings is 1. The first-order valence-corrected chi connectivity index (χ1v) is 6.56. The average molecular weight is 219 g/mol. The molecule has 1 spiro atoms. The minimum Gasteiger partial charge on any atom is -0.317 e. The zero-order valence-electron chi connectivity index (χ0n) is 11.1. The highest BCUT2D eigenvalue weighted by molar-refractivity contribution is 5.52. The van der Waals surface area contributed by atoms with E-state index >= 15 is 0 Å². The van der Waals surface area contributed by atoms with Crippen LogP contribution in [-0.4, -0.2) is 13.1 Å². The summed E-state index contributed by atoms with van der Waals surface area (Å²) in [5.74, 6) is 0. The van der Waals surface area contributed by atoms with Gasteiger partial charge in [0.25, 0.3) is 0 Å². The minimum atomic E-state index is 0.363. The van der Waals surface area contributed by atoms with Gasteiger partial charge in [-0.15, -0.1) is 0 Å². The summed E-state index contributed by atoms with van der Waals surface area (Å²) in [5, 5.41) is 3.43. The number of hydrogen-bond donors (Lipinski definition) is 1. The van der Waals surface area contributed by atoms with Crippen LogP contribution in [-0.2, 0) is 0 Å². The zero-order valence-corrected chi connectivity index (χ0v) is 11.1. The smallest absolute Gasteiger partial charge is 0.0162 e. The van der Waals surface area contributed by atoms with E-state index in [2.05, 4.69) is 43.5 Å². The first-order valence-electron chi connectivity index (χ1n) is 6.56. The molecule has 1 saturated heterocycles. The quantitative estimate of drug-likeness (QED) is 0.652. The van der Waals surface area contributed by atoms with Gasteiger partial charge in [0.2, 0.25) is 0 Å². The van der Waals surface area contributed by atoms with E-state index in [0.717, 1.165) is 13.1 Å². The van der Waals surface area contributed by atoms with Crippen molar-refractivity contribution in [2.24, 2.45) is 5.41 Å². The van der Waals surface area contributed by atoms with Crippen LogP contribution in [0.25, 0.3) is 0 Å². The molecule has 0 radical (unpaired) electrons. The van der Waals surface area contributed by atoms with E-state index in [9.17, 15) is 0 Å². The lowest BCUT2D eigenvalue weighted by atomic mass is 9.74. The molecule has 1 heteroatoms. The molecule has 0 unspecified atom stereocenters. The Morgan fingerprint density at radius 3 is 2.25 bits per heavy atom. The highest BCUT2D eigenvalue weighted by atomic mass is 14.9. The second-order valence-corrected chi connectivity index (χ2v) is 4.19. The molecule has 0 atom stereocenters. The van der Waals surface area contributed by atoms with E-state index in [1.54, 1.807) is 5.57 Å². The maximum Gasteiger partial charge on any atom is 0.0162 e. The Morgan fingerprint density at radius 1 is 1.12 bits per heavy atom. The molecule has 1 aliphatic carbocycles. The van der Waals surface area contributed by atoms with E-state index in [4.69, 9.17) is 0 Å². The number of hydrogen-bond acceptors (Lipinski definition) is 1. The number of nitrogens with one attached hydrogen (secondary N) is 1. The van der Waals surface area contributed by atoms with Gasteiger partial charge in [0, 0.05) is 5.41 Å². The topological polar surface area (TPSA) is 12.0 Å². The summed E-state index contributed by atoms with van der Waals surface area (Å²) in [6, 6.07) is 0. The summed E-state index contributed by atoms with van der Waals surface area (Å²) >= 11 is 0. The molecule has 16 heavy (non-hydrogen) atoms. The first-order chi connectivity index (χ1) is 7.82. The molecule has 0 amide bonds. The van der Waals surface area contributed by atoms with Crippen LogP contribution in [0.4, 0.5) is 0 Å². The van der Waals surface area contributed by atoms with Gasteiger partial charge in [-0.1, -0.05) is 38.2 Å². The first kappa shape index (κ1) is 13.2. The molecule has 0 bridgehead atoms. The fourth-order valence-electron chi connectivity index (χ4n) is 2.73. The van der Waals surface area contributed by atoms with Crippen molar-refractivity contribution in [2.45, 2.75) is 40.5 Å². The molecular formula is C15H25N. The Balaban J connectivity index is 0.000000606. The lowest BCUT2D eigenvalue weighted by Gasteiger charge is -2.34. The molecule has 2 aliphatic rings. The lowest BCUT2D eigenvalue weighted by Crippen LogP contribution is -2.35. The highest BCUT2D eigenvalue weighted by Crippen LogP contribution is 2.46. The molecule has 1 fully saturated rings. The summed E-state index contributed by atoms with van der Waals surface area (Å²) in [6.45, 7) is 10.6. The summed E-state index contributed by atoms with van der Waals surface area (Å²) in [6.07, 6.45) is 11.7. The van der Waals surface area contributed by atoms with Crippen LogP contribution < -0.4 is 5.32 Å². The zero-order chi connectivity index (χ0) is 12.0. The molecule has 90 valence electrons. The summed E-state index contributed by atoms with van der Waals surface area (Å²) < 4.78 is 0. The van der Waals surface area contributed by atoms with Gasteiger partial charge in [0.1, 0.15) is 0 Å². The second kappa shape index (κ2) is 6.05. The molecule has 1 N–H and O–H groups in total. The largest absolute Gasteiger partial charge is 0.317 e. The van der Waals surface area contributed by atoms with E-state index in [0.29, 0.717) is 5.41 Å². The fourth-order valence-corrected chi connectivity index (χ4v) is 2.73. The number of allylic oxidation sites excluding steroid dienone is 6. The van der Waals surface area contributed by atoms with Crippen LogP contribution >= 0.6 is 0 Å². The molecule has 0 saturated carbocycles. The standard InChI is InChI=1S/C13H19N.C2H6/c1-3-11-5-6-13(12(11)4-2)7-9-14-10-8-13;1-2/h3-6,14H,7-10H2,1-2H3;1-2H3/b11-3-,12-4+;. The fraction of sp³-hybridized carbons (Fsp3) is 0.600. The molecule has 1 aliphatic heterocycles. The number of rotatable bonds is 0. The van der Waals surface area contributed by atoms with Gasteiger partial charge < -0.3 is 5.32 Å².